The fraction of sp³-hybridized carbons (Fsp3) is 0.160. The number of fused-ring (bicyclic) bond motifs is 1. The molecule has 1 heterocycles. The number of aliphatic hydroxyl groups is 1. The second kappa shape index (κ2) is 10.6. The van der Waals surface area contributed by atoms with Crippen molar-refractivity contribution in [1.82, 2.24) is 0 Å². The highest BCUT2D eigenvalue weighted by Gasteiger charge is 2.27. The Balaban J connectivity index is 1.85. The molecule has 37 heavy (non-hydrogen) atoms. The van der Waals surface area contributed by atoms with E-state index in [9.17, 15) is 27.8 Å². The van der Waals surface area contributed by atoms with Gasteiger partial charge in [0.25, 0.3) is 10.0 Å². The van der Waals surface area contributed by atoms with Gasteiger partial charge in [-0.15, -0.1) is 11.3 Å². The van der Waals surface area contributed by atoms with Crippen molar-refractivity contribution < 1.29 is 36.9 Å². The Labute approximate surface area is 220 Å². The van der Waals surface area contributed by atoms with Gasteiger partial charge in [-0.1, -0.05) is 29.8 Å². The number of carbonyl (C=O) groups is 1. The third-order valence-corrected chi connectivity index (χ3v) is 8.48. The van der Waals surface area contributed by atoms with E-state index in [0.29, 0.717) is 23.8 Å². The second-order valence-corrected chi connectivity index (χ2v) is 11.1. The topological polar surface area (TPSA) is 113 Å². The quantitative estimate of drug-likeness (QED) is 0.231. The number of sulfonamides is 1. The van der Waals surface area contributed by atoms with E-state index in [1.54, 1.807) is 0 Å². The van der Waals surface area contributed by atoms with E-state index in [1.807, 2.05) is 24.3 Å². The molecule has 0 saturated heterocycles. The third-order valence-electron chi connectivity index (χ3n) is 5.58. The van der Waals surface area contributed by atoms with Crippen LogP contribution >= 0.6 is 22.9 Å². The van der Waals surface area contributed by atoms with E-state index in [1.165, 1.54) is 11.3 Å². The van der Waals surface area contributed by atoms with Crippen LogP contribution in [0.2, 0.25) is 5.02 Å². The number of carboxylic acids is 1. The number of nitrogens with one attached hydrogen (secondary N) is 1. The molecular weight excluding hydrogens is 548 g/mol. The summed E-state index contributed by atoms with van der Waals surface area (Å²) in [5.74, 6) is -3.85. The van der Waals surface area contributed by atoms with Crippen LogP contribution in [0.15, 0.2) is 53.4 Å². The number of aromatic carboxylic acids is 1. The maximum absolute atomic E-state index is 15.1. The van der Waals surface area contributed by atoms with Gasteiger partial charge in [-0.2, -0.15) is 0 Å². The molecule has 0 saturated carbocycles. The lowest BCUT2D eigenvalue weighted by atomic mass is 10.0. The number of aryl methyl sites for hydroxylation is 1. The minimum Gasteiger partial charge on any atom is -0.494 e. The molecule has 4 rings (SSSR count). The molecule has 194 valence electrons. The monoisotopic (exact) mass is 567 g/mol. The van der Waals surface area contributed by atoms with Gasteiger partial charge in [0.1, 0.15) is 16.5 Å². The largest absolute Gasteiger partial charge is 0.494 e. The minimum absolute atomic E-state index is 0.0301. The molecule has 0 aliphatic rings. The summed E-state index contributed by atoms with van der Waals surface area (Å²) >= 11 is 7.28. The van der Waals surface area contributed by atoms with Gasteiger partial charge in [0, 0.05) is 27.8 Å². The molecule has 0 spiro atoms. The van der Waals surface area contributed by atoms with E-state index in [0.717, 1.165) is 41.0 Å². The van der Waals surface area contributed by atoms with E-state index in [4.69, 9.17) is 16.3 Å². The molecule has 0 amide bonds. The van der Waals surface area contributed by atoms with Crippen molar-refractivity contribution in [3.63, 3.8) is 0 Å². The van der Waals surface area contributed by atoms with Crippen LogP contribution in [0, 0.1) is 11.6 Å². The van der Waals surface area contributed by atoms with Crippen LogP contribution in [-0.4, -0.2) is 38.3 Å². The maximum atomic E-state index is 15.1. The molecule has 0 aliphatic heterocycles. The van der Waals surface area contributed by atoms with E-state index in [-0.39, 0.29) is 22.9 Å². The molecule has 7 nitrogen and oxygen atoms in total. The Hall–Kier alpha value is -3.25. The van der Waals surface area contributed by atoms with Crippen molar-refractivity contribution >= 4 is 54.7 Å². The minimum atomic E-state index is -4.63. The van der Waals surface area contributed by atoms with E-state index >= 15 is 4.39 Å². The predicted octanol–water partition coefficient (Wildman–Crippen LogP) is 5.93. The molecule has 0 atom stereocenters. The highest BCUT2D eigenvalue weighted by atomic mass is 35.5. The Kier molecular flexibility index (Phi) is 7.69. The molecule has 0 fully saturated rings. The van der Waals surface area contributed by atoms with Gasteiger partial charge in [0.05, 0.1) is 23.4 Å². The zero-order valence-electron chi connectivity index (χ0n) is 19.2. The summed E-state index contributed by atoms with van der Waals surface area (Å²) in [5, 5.41) is 19.2. The number of methoxy groups -OCH3 is 1. The second-order valence-electron chi connectivity index (χ2n) is 7.95. The number of hydrogen-bond donors (Lipinski definition) is 3. The first kappa shape index (κ1) is 26.8. The molecule has 1 aromatic heterocycles. The molecular formula is C25H20ClF2NO6S2. The van der Waals surface area contributed by atoms with Crippen molar-refractivity contribution in [2.75, 3.05) is 18.4 Å². The van der Waals surface area contributed by atoms with Crippen molar-refractivity contribution in [2.24, 2.45) is 0 Å². The molecule has 3 N–H and O–H groups in total. The Bertz CT molecular complexity index is 1620. The summed E-state index contributed by atoms with van der Waals surface area (Å²) < 4.78 is 64.3. The first-order chi connectivity index (χ1) is 17.6. The summed E-state index contributed by atoms with van der Waals surface area (Å²) in [4.78, 5) is 11.3. The maximum Gasteiger partial charge on any atom is 0.335 e. The number of benzene rings is 3. The Morgan fingerprint density at radius 2 is 1.86 bits per heavy atom. The van der Waals surface area contributed by atoms with Gasteiger partial charge in [-0.05, 0) is 48.1 Å². The lowest BCUT2D eigenvalue weighted by molar-refractivity contribution is 0.0696. The molecule has 12 heteroatoms. The summed E-state index contributed by atoms with van der Waals surface area (Å²) in [6.45, 7) is -0.0830. The van der Waals surface area contributed by atoms with E-state index < -0.39 is 43.8 Å². The summed E-state index contributed by atoms with van der Waals surface area (Å²) in [6.07, 6.45) is 0.835. The average Bonchev–Trinajstić information content (AvgIpc) is 3.21. The summed E-state index contributed by atoms with van der Waals surface area (Å²) in [7, 11) is -3.49. The average molecular weight is 568 g/mol. The smallest absolute Gasteiger partial charge is 0.335 e. The van der Waals surface area contributed by atoms with Crippen LogP contribution in [0.1, 0.15) is 22.3 Å². The molecule has 0 unspecified atom stereocenters. The molecule has 4 aromatic rings. The third kappa shape index (κ3) is 5.26. The van der Waals surface area contributed by atoms with Gasteiger partial charge >= 0.3 is 5.97 Å². The van der Waals surface area contributed by atoms with Crippen LogP contribution in [0.3, 0.4) is 0 Å². The fourth-order valence-electron chi connectivity index (χ4n) is 3.91. The summed E-state index contributed by atoms with van der Waals surface area (Å²) in [5.41, 5.74) is -0.264. The zero-order valence-corrected chi connectivity index (χ0v) is 21.6. The number of ether oxygens (including phenoxy) is 1. The standard InChI is InChI=1S/C25H20ClF2NO6S2/c1-35-23-17(26)9-13(25(31)32)10-22(23)37(33,34)29-20-11-16(18(27)12-19(20)28)24-15(6-4-8-30)14-5-2-3-7-21(14)36-24/h2-3,5,7,9-12,29-30H,4,6,8H2,1H3,(H,31,32). The lowest BCUT2D eigenvalue weighted by Gasteiger charge is -2.15. The fourth-order valence-corrected chi connectivity index (χ4v) is 6.81. The first-order valence-corrected chi connectivity index (χ1v) is 13.5. The molecule has 0 aliphatic carbocycles. The van der Waals surface area contributed by atoms with Gasteiger partial charge < -0.3 is 14.9 Å². The Morgan fingerprint density at radius 3 is 2.54 bits per heavy atom. The van der Waals surface area contributed by atoms with Crippen LogP contribution in [-0.2, 0) is 16.4 Å². The van der Waals surface area contributed by atoms with Crippen LogP contribution in [0.25, 0.3) is 20.5 Å². The number of rotatable bonds is 9. The van der Waals surface area contributed by atoms with Gasteiger partial charge in [-0.25, -0.2) is 22.0 Å². The normalized spacial score (nSPS) is 11.6. The van der Waals surface area contributed by atoms with Crippen molar-refractivity contribution in [3.8, 4) is 16.2 Å². The molecule has 0 radical (unpaired) electrons. The highest BCUT2D eigenvalue weighted by Crippen LogP contribution is 2.42. The van der Waals surface area contributed by atoms with Crippen LogP contribution < -0.4 is 9.46 Å². The van der Waals surface area contributed by atoms with Crippen molar-refractivity contribution in [2.45, 2.75) is 17.7 Å². The van der Waals surface area contributed by atoms with Crippen molar-refractivity contribution in [1.29, 1.82) is 0 Å². The van der Waals surface area contributed by atoms with Gasteiger partial charge in [0.15, 0.2) is 5.75 Å². The van der Waals surface area contributed by atoms with E-state index in [2.05, 4.69) is 4.72 Å². The van der Waals surface area contributed by atoms with Gasteiger partial charge in [0.2, 0.25) is 0 Å². The SMILES string of the molecule is COc1c(Cl)cc(C(=O)O)cc1S(=O)(=O)Nc1cc(-c2sc3ccccc3c2CCCO)c(F)cc1F. The zero-order chi connectivity index (χ0) is 26.9. The lowest BCUT2D eigenvalue weighted by Crippen LogP contribution is -2.16. The van der Waals surface area contributed by atoms with Crippen LogP contribution in [0.5, 0.6) is 5.75 Å². The number of thiophene rings is 1. The van der Waals surface area contributed by atoms with Crippen LogP contribution in [0.4, 0.5) is 14.5 Å². The number of carboxylic acid groups (broad SMARTS) is 1. The number of halogens is 3. The highest BCUT2D eigenvalue weighted by molar-refractivity contribution is 7.92. The molecule has 3 aromatic carbocycles. The number of anilines is 1. The predicted molar refractivity (Wildman–Crippen MR) is 138 cm³/mol. The summed E-state index contributed by atoms with van der Waals surface area (Å²) in [6, 6.07) is 10.8. The van der Waals surface area contributed by atoms with Gasteiger partial charge in [-0.3, -0.25) is 4.72 Å². The molecule has 0 bridgehead atoms. The van der Waals surface area contributed by atoms with Crippen molar-refractivity contribution in [3.05, 3.63) is 76.3 Å². The Morgan fingerprint density at radius 1 is 1.14 bits per heavy atom. The number of hydrogen-bond acceptors (Lipinski definition) is 6. The number of aliphatic hydroxyl groups excluding tert-OH is 1. The first-order valence-electron chi connectivity index (χ1n) is 10.8.